The lowest BCUT2D eigenvalue weighted by molar-refractivity contribution is 0.582. The second kappa shape index (κ2) is 6.04. The van der Waals surface area contributed by atoms with Crippen LogP contribution < -0.4 is 11.2 Å². The van der Waals surface area contributed by atoms with Crippen LogP contribution in [0.3, 0.4) is 0 Å². The highest BCUT2D eigenvalue weighted by Gasteiger charge is 2.26. The topological polar surface area (TPSA) is 113 Å². The molecule has 0 amide bonds. The van der Waals surface area contributed by atoms with Crippen molar-refractivity contribution in [2.24, 2.45) is 0 Å². The van der Waals surface area contributed by atoms with Gasteiger partial charge in [0.2, 0.25) is 0 Å². The van der Waals surface area contributed by atoms with Crippen LogP contribution in [0.25, 0.3) is 10.9 Å². The molecule has 7 nitrogen and oxygen atoms in total. The summed E-state index contributed by atoms with van der Waals surface area (Å²) in [4.78, 5) is 26.6. The molecule has 0 atom stereocenters. The van der Waals surface area contributed by atoms with Gasteiger partial charge in [-0.3, -0.25) is 4.79 Å². The van der Waals surface area contributed by atoms with Gasteiger partial charge in [-0.1, -0.05) is 23.2 Å². The Balaban J connectivity index is 2.41. The van der Waals surface area contributed by atoms with Crippen molar-refractivity contribution < 1.29 is 8.42 Å². The molecule has 3 aromatic rings. The van der Waals surface area contributed by atoms with E-state index in [-0.39, 0.29) is 30.5 Å². The van der Waals surface area contributed by atoms with Gasteiger partial charge in [-0.25, -0.2) is 13.2 Å². The summed E-state index contributed by atoms with van der Waals surface area (Å²) in [6, 6.07) is 9.16. The zero-order valence-corrected chi connectivity index (χ0v) is 14.5. The van der Waals surface area contributed by atoms with E-state index in [4.69, 9.17) is 28.5 Å². The molecule has 0 radical (unpaired) electrons. The van der Waals surface area contributed by atoms with Gasteiger partial charge in [0.15, 0.2) is 0 Å². The second-order valence-corrected chi connectivity index (χ2v) is 7.57. The molecule has 0 aliphatic heterocycles. The predicted molar refractivity (Wildman–Crippen MR) is 92.6 cm³/mol. The number of aromatic nitrogens is 2. The molecule has 0 aliphatic carbocycles. The Labute approximate surface area is 150 Å². The van der Waals surface area contributed by atoms with Crippen LogP contribution in [-0.2, 0) is 10.0 Å². The molecule has 1 aromatic heterocycles. The number of fused-ring (bicyclic) bond motifs is 1. The number of nitrogens with zero attached hydrogens (tertiary/aromatic N) is 2. The molecular formula is C15H7Cl2N3O4S. The molecule has 25 heavy (non-hydrogen) atoms. The first-order valence-corrected chi connectivity index (χ1v) is 8.85. The van der Waals surface area contributed by atoms with Crippen LogP contribution in [-0.4, -0.2) is 17.4 Å². The highest BCUT2D eigenvalue weighted by Crippen LogP contribution is 2.21. The van der Waals surface area contributed by atoms with Gasteiger partial charge in [-0.2, -0.15) is 5.26 Å². The van der Waals surface area contributed by atoms with Gasteiger partial charge in [0.05, 0.1) is 16.5 Å². The summed E-state index contributed by atoms with van der Waals surface area (Å²) in [7, 11) is -4.62. The highest BCUT2D eigenvalue weighted by molar-refractivity contribution is 7.90. The zero-order valence-electron chi connectivity index (χ0n) is 12.2. The molecule has 3 rings (SSSR count). The maximum absolute atomic E-state index is 12.8. The van der Waals surface area contributed by atoms with E-state index in [1.165, 1.54) is 24.3 Å². The van der Waals surface area contributed by atoms with Crippen molar-refractivity contribution in [1.82, 2.24) is 8.96 Å². The zero-order chi connectivity index (χ0) is 18.4. The summed E-state index contributed by atoms with van der Waals surface area (Å²) in [5, 5.41) is 9.51. The second-order valence-electron chi connectivity index (χ2n) is 4.95. The van der Waals surface area contributed by atoms with Crippen LogP contribution in [0.2, 0.25) is 10.0 Å². The SMILES string of the molecule is N#Cc1cc(Cl)ccc1S(=O)(=O)n1c(=O)[nH]c2cc(Cl)ccc2c1=O. The van der Waals surface area contributed by atoms with Crippen LogP contribution in [0, 0.1) is 11.3 Å². The number of nitriles is 1. The van der Waals surface area contributed by atoms with Crippen LogP contribution in [0.4, 0.5) is 0 Å². The van der Waals surface area contributed by atoms with Crippen molar-refractivity contribution in [2.45, 2.75) is 4.90 Å². The van der Waals surface area contributed by atoms with Crippen LogP contribution >= 0.6 is 23.2 Å². The van der Waals surface area contributed by atoms with Crippen LogP contribution in [0.15, 0.2) is 50.9 Å². The summed E-state index contributed by atoms with van der Waals surface area (Å²) < 4.78 is 25.7. The maximum Gasteiger partial charge on any atom is 0.343 e. The van der Waals surface area contributed by atoms with Gasteiger partial charge in [0.1, 0.15) is 11.0 Å². The average molecular weight is 396 g/mol. The minimum Gasteiger partial charge on any atom is -0.306 e. The van der Waals surface area contributed by atoms with E-state index in [9.17, 15) is 18.0 Å². The number of halogens is 2. The summed E-state index contributed by atoms with van der Waals surface area (Å²) in [6.07, 6.45) is 0. The van der Waals surface area contributed by atoms with Crippen molar-refractivity contribution in [3.63, 3.8) is 0 Å². The third kappa shape index (κ3) is 2.82. The fourth-order valence-corrected chi connectivity index (χ4v) is 4.05. The first-order valence-electron chi connectivity index (χ1n) is 6.65. The Hall–Kier alpha value is -2.60. The molecule has 0 bridgehead atoms. The Kier molecular flexibility index (Phi) is 4.16. The number of rotatable bonds is 2. The predicted octanol–water partition coefficient (Wildman–Crippen LogP) is 2.11. The highest BCUT2D eigenvalue weighted by atomic mass is 35.5. The monoisotopic (exact) mass is 395 g/mol. The largest absolute Gasteiger partial charge is 0.343 e. The van der Waals surface area contributed by atoms with E-state index in [2.05, 4.69) is 4.98 Å². The third-order valence-electron chi connectivity index (χ3n) is 3.40. The molecule has 0 aliphatic rings. The lowest BCUT2D eigenvalue weighted by atomic mass is 10.2. The normalized spacial score (nSPS) is 11.4. The minimum absolute atomic E-state index is 0.0416. The number of benzene rings is 2. The Morgan fingerprint density at radius 3 is 2.36 bits per heavy atom. The van der Waals surface area contributed by atoms with Crippen molar-refractivity contribution >= 4 is 44.1 Å². The average Bonchev–Trinajstić information content (AvgIpc) is 2.53. The van der Waals surface area contributed by atoms with E-state index in [1.807, 2.05) is 0 Å². The lowest BCUT2D eigenvalue weighted by Crippen LogP contribution is -2.40. The summed E-state index contributed by atoms with van der Waals surface area (Å²) in [5.74, 6) is 0. The fourth-order valence-electron chi connectivity index (χ4n) is 2.31. The van der Waals surface area contributed by atoms with Crippen LogP contribution in [0.5, 0.6) is 0 Å². The van der Waals surface area contributed by atoms with Gasteiger partial charge < -0.3 is 4.98 Å². The Bertz CT molecular complexity index is 1290. The van der Waals surface area contributed by atoms with Gasteiger partial charge in [-0.15, -0.1) is 3.97 Å². The third-order valence-corrected chi connectivity index (χ3v) is 5.60. The first kappa shape index (κ1) is 17.2. The molecule has 0 saturated carbocycles. The maximum atomic E-state index is 12.8. The summed E-state index contributed by atoms with van der Waals surface area (Å²) >= 11 is 11.6. The number of H-pyrrole nitrogens is 1. The molecule has 1 heterocycles. The van der Waals surface area contributed by atoms with Crippen molar-refractivity contribution in [1.29, 1.82) is 5.26 Å². The van der Waals surface area contributed by atoms with Gasteiger partial charge in [0.25, 0.3) is 15.6 Å². The lowest BCUT2D eigenvalue weighted by Gasteiger charge is -2.09. The van der Waals surface area contributed by atoms with Gasteiger partial charge in [-0.05, 0) is 36.4 Å². The van der Waals surface area contributed by atoms with E-state index in [1.54, 1.807) is 6.07 Å². The number of hydrogen-bond donors (Lipinski definition) is 1. The molecule has 0 fully saturated rings. The van der Waals surface area contributed by atoms with E-state index >= 15 is 0 Å². The van der Waals surface area contributed by atoms with Gasteiger partial charge >= 0.3 is 5.69 Å². The number of aromatic amines is 1. The van der Waals surface area contributed by atoms with Gasteiger partial charge in [0, 0.05) is 10.0 Å². The first-order chi connectivity index (χ1) is 11.8. The molecular weight excluding hydrogens is 389 g/mol. The van der Waals surface area contributed by atoms with Crippen LogP contribution in [0.1, 0.15) is 5.56 Å². The molecule has 0 saturated heterocycles. The smallest absolute Gasteiger partial charge is 0.306 e. The number of hydrogen-bond acceptors (Lipinski definition) is 5. The van der Waals surface area contributed by atoms with Crippen molar-refractivity contribution in [3.8, 4) is 6.07 Å². The molecule has 2 aromatic carbocycles. The van der Waals surface area contributed by atoms with E-state index in [0.29, 0.717) is 0 Å². The molecule has 0 spiro atoms. The van der Waals surface area contributed by atoms with Crippen molar-refractivity contribution in [3.05, 3.63) is 72.8 Å². The van der Waals surface area contributed by atoms with E-state index < -0.39 is 26.2 Å². The summed E-state index contributed by atoms with van der Waals surface area (Å²) in [6.45, 7) is 0. The van der Waals surface area contributed by atoms with E-state index in [0.717, 1.165) is 12.1 Å². The molecule has 126 valence electrons. The Morgan fingerprint density at radius 2 is 1.68 bits per heavy atom. The fraction of sp³-hybridized carbons (Fsp3) is 0. The molecule has 0 unspecified atom stereocenters. The number of nitrogens with one attached hydrogen (secondary N) is 1. The van der Waals surface area contributed by atoms with Crippen molar-refractivity contribution in [2.75, 3.05) is 0 Å². The Morgan fingerprint density at radius 1 is 1.04 bits per heavy atom. The summed E-state index contributed by atoms with van der Waals surface area (Å²) in [5.41, 5.74) is -2.39. The minimum atomic E-state index is -4.62. The molecule has 1 N–H and O–H groups in total. The quantitative estimate of drug-likeness (QED) is 0.713. The standard InChI is InChI=1S/C15H7Cl2N3O4S/c16-9-2-4-13(8(5-9)7-18)25(23,24)20-14(21)11-3-1-10(17)6-12(11)19-15(20)22/h1-6H,(H,19,22). The molecule has 10 heteroatoms.